The topological polar surface area (TPSA) is 63.0 Å². The highest BCUT2D eigenvalue weighted by atomic mass is 32.1. The van der Waals surface area contributed by atoms with Crippen LogP contribution in [0.3, 0.4) is 0 Å². The molecule has 2 atom stereocenters. The Balaban J connectivity index is 1.57. The summed E-state index contributed by atoms with van der Waals surface area (Å²) in [7, 11) is 2.04. The first-order chi connectivity index (χ1) is 11.7. The monoisotopic (exact) mass is 353 g/mol. The van der Waals surface area contributed by atoms with Crippen molar-refractivity contribution in [3.63, 3.8) is 0 Å². The minimum Gasteiger partial charge on any atom is -0.297 e. The number of alkyl halides is 1. The van der Waals surface area contributed by atoms with Gasteiger partial charge < -0.3 is 0 Å². The van der Waals surface area contributed by atoms with Gasteiger partial charge in [-0.15, -0.1) is 16.4 Å². The van der Waals surface area contributed by atoms with Gasteiger partial charge in [0.25, 0.3) is 0 Å². The van der Waals surface area contributed by atoms with Crippen molar-refractivity contribution in [1.82, 2.24) is 35.0 Å². The van der Waals surface area contributed by atoms with Gasteiger partial charge in [0, 0.05) is 37.3 Å². The van der Waals surface area contributed by atoms with Gasteiger partial charge in [-0.05, 0) is 30.3 Å². The fourth-order valence-corrected chi connectivity index (χ4v) is 3.84. The number of aromatic nitrogens is 5. The molecule has 132 valence electrons. The smallest absolute Gasteiger partial charge is 0.165 e. The van der Waals surface area contributed by atoms with Gasteiger partial charge in [0.05, 0.1) is 13.1 Å². The number of nitrogens with zero attached hydrogens (tertiary/aromatic N) is 7. The zero-order chi connectivity index (χ0) is 16.9. The minimum absolute atomic E-state index is 0.199. The molecule has 0 bridgehead atoms. The summed E-state index contributed by atoms with van der Waals surface area (Å²) in [5, 5.41) is 14.9. The lowest BCUT2D eigenvalue weighted by molar-refractivity contribution is 0.177. The molecule has 0 aromatic carbocycles. The normalized spacial score (nSPS) is 21.8. The maximum Gasteiger partial charge on any atom is 0.165 e. The molecule has 7 nitrogen and oxygen atoms in total. The second-order valence-corrected chi connectivity index (χ2v) is 7.34. The molecule has 0 N–H and O–H groups in total. The Bertz CT molecular complexity index is 617. The van der Waals surface area contributed by atoms with Crippen LogP contribution < -0.4 is 0 Å². The maximum atomic E-state index is 13.9. The third-order valence-electron chi connectivity index (χ3n) is 4.27. The van der Waals surface area contributed by atoms with Crippen LogP contribution in [0.2, 0.25) is 0 Å². The van der Waals surface area contributed by atoms with E-state index in [0.717, 1.165) is 36.9 Å². The number of hydrogen-bond donors (Lipinski definition) is 0. The third-order valence-corrected chi connectivity index (χ3v) is 5.04. The van der Waals surface area contributed by atoms with E-state index < -0.39 is 6.17 Å². The second-order valence-electron chi connectivity index (χ2n) is 6.36. The highest BCUT2D eigenvalue weighted by Crippen LogP contribution is 2.24. The molecule has 24 heavy (non-hydrogen) atoms. The summed E-state index contributed by atoms with van der Waals surface area (Å²) in [6.07, 6.45) is 2.62. The second kappa shape index (κ2) is 8.09. The van der Waals surface area contributed by atoms with Crippen LogP contribution in [0.4, 0.5) is 4.39 Å². The molecule has 2 aromatic rings. The van der Waals surface area contributed by atoms with Crippen LogP contribution >= 0.6 is 11.3 Å². The quantitative estimate of drug-likeness (QED) is 0.718. The number of aryl methyl sites for hydroxylation is 1. The van der Waals surface area contributed by atoms with Crippen molar-refractivity contribution in [2.45, 2.75) is 51.6 Å². The van der Waals surface area contributed by atoms with Crippen LogP contribution in [-0.4, -0.2) is 67.3 Å². The van der Waals surface area contributed by atoms with E-state index in [1.165, 1.54) is 0 Å². The van der Waals surface area contributed by atoms with Gasteiger partial charge in [0.2, 0.25) is 0 Å². The fraction of sp³-hybridized carbons (Fsp3) is 0.733. The Morgan fingerprint density at radius 1 is 1.46 bits per heavy atom. The van der Waals surface area contributed by atoms with Crippen LogP contribution in [-0.2, 0) is 19.6 Å². The van der Waals surface area contributed by atoms with Gasteiger partial charge >= 0.3 is 0 Å². The standard InChI is InChI=1S/C15H24FN7S/c1-3-5-23-14(18-19-20-23)10-21(2)9-13-7-12(16)8-22(13)11-15-17-4-6-24-15/h4,6,12-13H,3,5,7-11H2,1-2H3/t12-,13-/m0/s1. The Hall–Kier alpha value is -1.45. The Morgan fingerprint density at radius 3 is 3.08 bits per heavy atom. The molecule has 3 rings (SSSR count). The van der Waals surface area contributed by atoms with Gasteiger partial charge in [-0.2, -0.15) is 0 Å². The van der Waals surface area contributed by atoms with Gasteiger partial charge in [-0.3, -0.25) is 9.80 Å². The number of rotatable bonds is 8. The Morgan fingerprint density at radius 2 is 2.33 bits per heavy atom. The number of likely N-dealkylation sites (N-methyl/N-ethyl adjacent to an activating group) is 1. The summed E-state index contributed by atoms with van der Waals surface area (Å²) in [4.78, 5) is 8.70. The largest absolute Gasteiger partial charge is 0.297 e. The lowest BCUT2D eigenvalue weighted by Gasteiger charge is -2.27. The first-order valence-corrected chi connectivity index (χ1v) is 9.23. The SMILES string of the molecule is CCCn1nnnc1CN(C)C[C@@H]1C[C@H](F)CN1Cc1nccs1. The number of halogens is 1. The van der Waals surface area contributed by atoms with E-state index in [1.807, 2.05) is 17.1 Å². The van der Waals surface area contributed by atoms with Crippen LogP contribution in [0.25, 0.3) is 0 Å². The first-order valence-electron chi connectivity index (χ1n) is 8.35. The van der Waals surface area contributed by atoms with Crippen LogP contribution in [0.5, 0.6) is 0 Å². The minimum atomic E-state index is -0.756. The lowest BCUT2D eigenvalue weighted by Crippen LogP contribution is -2.38. The molecule has 0 saturated carbocycles. The predicted octanol–water partition coefficient (Wildman–Crippen LogP) is 1.58. The van der Waals surface area contributed by atoms with Crippen LogP contribution in [0, 0.1) is 0 Å². The number of hydrogen-bond acceptors (Lipinski definition) is 7. The van der Waals surface area contributed by atoms with Gasteiger partial charge in [-0.1, -0.05) is 6.92 Å². The molecule has 1 aliphatic rings. The number of likely N-dealkylation sites (tertiary alicyclic amines) is 1. The van der Waals surface area contributed by atoms with E-state index >= 15 is 0 Å². The molecule has 1 aliphatic heterocycles. The lowest BCUT2D eigenvalue weighted by atomic mass is 10.2. The molecule has 9 heteroatoms. The molecular formula is C15H24FN7S. The third kappa shape index (κ3) is 4.34. The van der Waals surface area contributed by atoms with Crippen LogP contribution in [0.15, 0.2) is 11.6 Å². The molecule has 1 saturated heterocycles. The molecule has 0 spiro atoms. The van der Waals surface area contributed by atoms with E-state index in [0.29, 0.717) is 19.5 Å². The zero-order valence-electron chi connectivity index (χ0n) is 14.2. The van der Waals surface area contributed by atoms with E-state index in [2.05, 4.69) is 37.2 Å². The van der Waals surface area contributed by atoms with Crippen molar-refractivity contribution in [1.29, 1.82) is 0 Å². The van der Waals surface area contributed by atoms with Crippen molar-refractivity contribution >= 4 is 11.3 Å². The molecule has 0 unspecified atom stereocenters. The Kier molecular flexibility index (Phi) is 5.85. The summed E-state index contributed by atoms with van der Waals surface area (Å²) in [5.41, 5.74) is 0. The summed E-state index contributed by atoms with van der Waals surface area (Å²) in [6.45, 7) is 5.61. The maximum absolute atomic E-state index is 13.9. The summed E-state index contributed by atoms with van der Waals surface area (Å²) < 4.78 is 15.8. The molecule has 0 amide bonds. The van der Waals surface area contributed by atoms with E-state index in [-0.39, 0.29) is 6.04 Å². The van der Waals surface area contributed by atoms with Crippen molar-refractivity contribution in [3.8, 4) is 0 Å². The van der Waals surface area contributed by atoms with E-state index in [4.69, 9.17) is 0 Å². The first kappa shape index (κ1) is 17.4. The van der Waals surface area contributed by atoms with Gasteiger partial charge in [0.1, 0.15) is 11.2 Å². The highest BCUT2D eigenvalue weighted by molar-refractivity contribution is 7.09. The zero-order valence-corrected chi connectivity index (χ0v) is 15.0. The van der Waals surface area contributed by atoms with Crippen molar-refractivity contribution in [3.05, 3.63) is 22.4 Å². The number of thiazole rings is 1. The summed E-state index contributed by atoms with van der Waals surface area (Å²) in [5.74, 6) is 0.862. The van der Waals surface area contributed by atoms with E-state index in [9.17, 15) is 4.39 Å². The average Bonchev–Trinajstić information content (AvgIpc) is 3.25. The number of tetrazole rings is 1. The summed E-state index contributed by atoms with van der Waals surface area (Å²) in [6, 6.07) is 0.199. The summed E-state index contributed by atoms with van der Waals surface area (Å²) >= 11 is 1.62. The van der Waals surface area contributed by atoms with Gasteiger partial charge in [-0.25, -0.2) is 14.1 Å². The van der Waals surface area contributed by atoms with Crippen LogP contribution in [0.1, 0.15) is 30.6 Å². The van der Waals surface area contributed by atoms with Crippen molar-refractivity contribution in [2.24, 2.45) is 0 Å². The molecule has 0 radical (unpaired) electrons. The van der Waals surface area contributed by atoms with Crippen molar-refractivity contribution in [2.75, 3.05) is 20.1 Å². The Labute approximate surface area is 145 Å². The average molecular weight is 353 g/mol. The molecule has 2 aromatic heterocycles. The van der Waals surface area contributed by atoms with Gasteiger partial charge in [0.15, 0.2) is 5.82 Å². The molecular weight excluding hydrogens is 329 g/mol. The highest BCUT2D eigenvalue weighted by Gasteiger charge is 2.33. The van der Waals surface area contributed by atoms with E-state index in [1.54, 1.807) is 17.5 Å². The fourth-order valence-electron chi connectivity index (χ4n) is 3.20. The molecule has 3 heterocycles. The van der Waals surface area contributed by atoms with Crippen molar-refractivity contribution < 1.29 is 4.39 Å². The molecule has 0 aliphatic carbocycles. The molecule has 1 fully saturated rings. The predicted molar refractivity (Wildman–Crippen MR) is 90.3 cm³/mol.